The number of nitrogens with one attached hydrogen (secondary N) is 2. The number of morpholine rings is 1. The Morgan fingerprint density at radius 2 is 1.75 bits per heavy atom. The van der Waals surface area contributed by atoms with Gasteiger partial charge in [-0.3, -0.25) is 9.69 Å². The summed E-state index contributed by atoms with van der Waals surface area (Å²) in [5.41, 5.74) is 5.95. The first-order valence-corrected chi connectivity index (χ1v) is 10.1. The number of carbonyl (C=O) groups is 1. The molecule has 5 heteroatoms. The number of hydrogen-bond acceptors (Lipinski definition) is 4. The number of nitrogens with zero attached hydrogens (tertiary/aromatic N) is 1. The molecule has 0 aromatic heterocycles. The molecular formula is C23H31N3O2. The minimum Gasteiger partial charge on any atom is -0.379 e. The number of ether oxygens (including phenoxy) is 1. The van der Waals surface area contributed by atoms with Gasteiger partial charge < -0.3 is 15.4 Å². The third-order valence-corrected chi connectivity index (χ3v) is 5.20. The van der Waals surface area contributed by atoms with Crippen LogP contribution in [0, 0.1) is 13.8 Å². The van der Waals surface area contributed by atoms with Gasteiger partial charge in [-0.05, 0) is 48.2 Å². The van der Waals surface area contributed by atoms with Gasteiger partial charge in [0.2, 0.25) is 5.91 Å². The van der Waals surface area contributed by atoms with Gasteiger partial charge in [0.05, 0.1) is 13.2 Å². The van der Waals surface area contributed by atoms with Gasteiger partial charge in [0.1, 0.15) is 0 Å². The Morgan fingerprint density at radius 1 is 1.00 bits per heavy atom. The van der Waals surface area contributed by atoms with Crippen LogP contribution in [0.4, 0.5) is 5.69 Å². The van der Waals surface area contributed by atoms with Crippen molar-refractivity contribution in [2.45, 2.75) is 33.4 Å². The van der Waals surface area contributed by atoms with Gasteiger partial charge in [-0.1, -0.05) is 30.3 Å². The Hall–Kier alpha value is -2.21. The van der Waals surface area contributed by atoms with Crippen molar-refractivity contribution in [3.8, 4) is 0 Å². The molecule has 2 N–H and O–H groups in total. The lowest BCUT2D eigenvalue weighted by Crippen LogP contribution is -2.38. The van der Waals surface area contributed by atoms with Crippen molar-refractivity contribution in [2.75, 3.05) is 38.2 Å². The molecule has 0 saturated carbocycles. The molecule has 0 aliphatic carbocycles. The molecular weight excluding hydrogens is 350 g/mol. The molecule has 2 aromatic rings. The smallest absolute Gasteiger partial charge is 0.225 e. The van der Waals surface area contributed by atoms with Gasteiger partial charge in [0, 0.05) is 44.8 Å². The molecule has 1 amide bonds. The summed E-state index contributed by atoms with van der Waals surface area (Å²) in [4.78, 5) is 14.5. The number of amides is 1. The van der Waals surface area contributed by atoms with Crippen molar-refractivity contribution in [1.29, 1.82) is 0 Å². The first-order valence-electron chi connectivity index (χ1n) is 10.1. The summed E-state index contributed by atoms with van der Waals surface area (Å²) < 4.78 is 5.34. The van der Waals surface area contributed by atoms with Crippen LogP contribution in [0.3, 0.4) is 0 Å². The molecule has 1 aliphatic rings. The molecule has 0 spiro atoms. The first kappa shape index (κ1) is 20.5. The predicted octanol–water partition coefficient (Wildman–Crippen LogP) is 3.25. The van der Waals surface area contributed by atoms with Gasteiger partial charge in [-0.15, -0.1) is 0 Å². The van der Waals surface area contributed by atoms with Crippen LogP contribution in [0.5, 0.6) is 0 Å². The Balaban J connectivity index is 1.43. The second kappa shape index (κ2) is 10.4. The van der Waals surface area contributed by atoms with Gasteiger partial charge in [0.15, 0.2) is 0 Å². The molecule has 0 radical (unpaired) electrons. The van der Waals surface area contributed by atoms with Crippen molar-refractivity contribution < 1.29 is 9.53 Å². The lowest BCUT2D eigenvalue weighted by Gasteiger charge is -2.26. The van der Waals surface area contributed by atoms with Crippen LogP contribution in [0.1, 0.15) is 28.7 Å². The van der Waals surface area contributed by atoms with Gasteiger partial charge in [-0.2, -0.15) is 0 Å². The quantitative estimate of drug-likeness (QED) is 0.737. The lowest BCUT2D eigenvalue weighted by molar-refractivity contribution is -0.116. The third-order valence-electron chi connectivity index (χ3n) is 5.20. The number of anilines is 1. The Labute approximate surface area is 168 Å². The summed E-state index contributed by atoms with van der Waals surface area (Å²) in [6.45, 7) is 10.0. The van der Waals surface area contributed by atoms with E-state index < -0.39 is 0 Å². The highest BCUT2D eigenvalue weighted by atomic mass is 16.5. The summed E-state index contributed by atoms with van der Waals surface area (Å²) >= 11 is 0. The maximum absolute atomic E-state index is 12.2. The molecule has 5 nitrogen and oxygen atoms in total. The average Bonchev–Trinajstić information content (AvgIpc) is 2.70. The van der Waals surface area contributed by atoms with Gasteiger partial charge >= 0.3 is 0 Å². The predicted molar refractivity (Wildman–Crippen MR) is 113 cm³/mol. The van der Waals surface area contributed by atoms with E-state index in [-0.39, 0.29) is 5.91 Å². The highest BCUT2D eigenvalue weighted by Crippen LogP contribution is 2.13. The molecule has 0 atom stereocenters. The zero-order valence-corrected chi connectivity index (χ0v) is 17.0. The van der Waals surface area contributed by atoms with Crippen LogP contribution in [-0.2, 0) is 22.6 Å². The van der Waals surface area contributed by atoms with Crippen LogP contribution < -0.4 is 10.6 Å². The molecule has 3 rings (SSSR count). The summed E-state index contributed by atoms with van der Waals surface area (Å²) in [5.74, 6) is 0.0618. The fourth-order valence-electron chi connectivity index (χ4n) is 3.33. The zero-order chi connectivity index (χ0) is 19.8. The molecule has 1 heterocycles. The van der Waals surface area contributed by atoms with E-state index in [4.69, 9.17) is 4.74 Å². The van der Waals surface area contributed by atoms with Crippen LogP contribution in [0.2, 0.25) is 0 Å². The average molecular weight is 382 g/mol. The van der Waals surface area contributed by atoms with E-state index in [2.05, 4.69) is 53.6 Å². The van der Waals surface area contributed by atoms with Crippen molar-refractivity contribution in [3.05, 3.63) is 64.7 Å². The zero-order valence-electron chi connectivity index (χ0n) is 17.0. The normalized spacial score (nSPS) is 14.8. The minimum absolute atomic E-state index is 0.0618. The SMILES string of the molecule is Cc1ccc(CNCc2cccc(NC(=O)CCN3CCOCC3)c2)cc1C. The van der Waals surface area contributed by atoms with Crippen LogP contribution in [0.15, 0.2) is 42.5 Å². The molecule has 0 unspecified atom stereocenters. The Morgan fingerprint density at radius 3 is 2.50 bits per heavy atom. The fourth-order valence-corrected chi connectivity index (χ4v) is 3.33. The fraction of sp³-hybridized carbons (Fsp3) is 0.435. The van der Waals surface area contributed by atoms with E-state index in [1.807, 2.05) is 18.2 Å². The molecule has 1 aliphatic heterocycles. The number of carbonyl (C=O) groups excluding carboxylic acids is 1. The maximum atomic E-state index is 12.2. The van der Waals surface area contributed by atoms with Gasteiger partial charge in [-0.25, -0.2) is 0 Å². The van der Waals surface area contributed by atoms with Crippen LogP contribution in [-0.4, -0.2) is 43.7 Å². The molecule has 2 aromatic carbocycles. The summed E-state index contributed by atoms with van der Waals surface area (Å²) in [6.07, 6.45) is 0.509. The number of aryl methyl sites for hydroxylation is 2. The lowest BCUT2D eigenvalue weighted by atomic mass is 10.1. The standard InChI is InChI=1S/C23H31N3O2/c1-18-6-7-21(14-19(18)2)17-24-16-20-4-3-5-22(15-20)25-23(27)8-9-26-10-12-28-13-11-26/h3-7,14-15,24H,8-13,16-17H2,1-2H3,(H,25,27). The number of benzene rings is 2. The number of rotatable bonds is 8. The topological polar surface area (TPSA) is 53.6 Å². The highest BCUT2D eigenvalue weighted by Gasteiger charge is 2.12. The van der Waals surface area contributed by atoms with E-state index in [0.717, 1.165) is 57.2 Å². The van der Waals surface area contributed by atoms with E-state index in [1.165, 1.54) is 16.7 Å². The summed E-state index contributed by atoms with van der Waals surface area (Å²) in [7, 11) is 0. The van der Waals surface area contributed by atoms with E-state index in [9.17, 15) is 4.79 Å². The first-order chi connectivity index (χ1) is 13.6. The second-order valence-corrected chi connectivity index (χ2v) is 7.47. The largest absolute Gasteiger partial charge is 0.379 e. The van der Waals surface area contributed by atoms with Crippen molar-refractivity contribution in [2.24, 2.45) is 0 Å². The van der Waals surface area contributed by atoms with Crippen LogP contribution in [0.25, 0.3) is 0 Å². The third kappa shape index (κ3) is 6.44. The molecule has 1 fully saturated rings. The highest BCUT2D eigenvalue weighted by molar-refractivity contribution is 5.90. The second-order valence-electron chi connectivity index (χ2n) is 7.47. The van der Waals surface area contributed by atoms with Gasteiger partial charge in [0.25, 0.3) is 0 Å². The minimum atomic E-state index is 0.0618. The number of hydrogen-bond donors (Lipinski definition) is 2. The van der Waals surface area contributed by atoms with E-state index >= 15 is 0 Å². The van der Waals surface area contributed by atoms with E-state index in [0.29, 0.717) is 6.42 Å². The van der Waals surface area contributed by atoms with Crippen LogP contribution >= 0.6 is 0 Å². The summed E-state index contributed by atoms with van der Waals surface area (Å²) in [6, 6.07) is 14.6. The monoisotopic (exact) mass is 381 g/mol. The Kier molecular flexibility index (Phi) is 7.60. The van der Waals surface area contributed by atoms with Crippen molar-refractivity contribution in [1.82, 2.24) is 10.2 Å². The summed E-state index contributed by atoms with van der Waals surface area (Å²) in [5, 5.41) is 6.50. The van der Waals surface area contributed by atoms with Crippen molar-refractivity contribution in [3.63, 3.8) is 0 Å². The molecule has 1 saturated heterocycles. The molecule has 28 heavy (non-hydrogen) atoms. The molecule has 150 valence electrons. The van der Waals surface area contributed by atoms with E-state index in [1.54, 1.807) is 0 Å². The molecule has 0 bridgehead atoms. The van der Waals surface area contributed by atoms with Crippen molar-refractivity contribution >= 4 is 11.6 Å². The maximum Gasteiger partial charge on any atom is 0.225 e. The Bertz CT molecular complexity index is 785.